The summed E-state index contributed by atoms with van der Waals surface area (Å²) in [6, 6.07) is 11.5. The Labute approximate surface area is 191 Å². The maximum absolute atomic E-state index is 13.2. The van der Waals surface area contributed by atoms with Gasteiger partial charge in [-0.15, -0.1) is 0 Å². The Morgan fingerprint density at radius 2 is 2.09 bits per heavy atom. The molecule has 2 heterocycles. The molecule has 0 aromatic heterocycles. The van der Waals surface area contributed by atoms with Crippen LogP contribution >= 0.6 is 0 Å². The number of fused-ring (bicyclic) bond motifs is 1. The smallest absolute Gasteiger partial charge is 0.335 e. The van der Waals surface area contributed by atoms with E-state index in [0.29, 0.717) is 37.5 Å². The van der Waals surface area contributed by atoms with Crippen molar-refractivity contribution in [1.82, 2.24) is 9.80 Å². The molecule has 0 unspecified atom stereocenters. The standard InChI is InChI=1S/C24H27N3O6/c1-26(23(30)10-15-5-6-21-19(9-15)25-22(29)14-33-21)20(13-27-8-7-18(28)12-27)16-3-2-4-17(11-16)24(31)32/h2-6,9,11,18,20,28H,7-8,10,12-14H2,1H3,(H,25,29)(H,31,32)/t18-,20+/m0/s1. The molecule has 0 saturated carbocycles. The summed E-state index contributed by atoms with van der Waals surface area (Å²) in [4.78, 5) is 40.0. The van der Waals surface area contributed by atoms with E-state index in [1.807, 2.05) is 6.07 Å². The molecule has 2 atom stereocenters. The number of nitrogens with one attached hydrogen (secondary N) is 1. The summed E-state index contributed by atoms with van der Waals surface area (Å²) in [7, 11) is 1.70. The van der Waals surface area contributed by atoms with Crippen molar-refractivity contribution >= 4 is 23.5 Å². The van der Waals surface area contributed by atoms with Crippen LogP contribution < -0.4 is 10.1 Å². The van der Waals surface area contributed by atoms with Crippen LogP contribution in [0.4, 0.5) is 5.69 Å². The van der Waals surface area contributed by atoms with Gasteiger partial charge in [0.05, 0.1) is 29.8 Å². The number of hydrogen-bond donors (Lipinski definition) is 3. The van der Waals surface area contributed by atoms with Gasteiger partial charge in [-0.2, -0.15) is 0 Å². The van der Waals surface area contributed by atoms with E-state index in [0.717, 1.165) is 11.1 Å². The van der Waals surface area contributed by atoms with Crippen LogP contribution in [0.25, 0.3) is 0 Å². The van der Waals surface area contributed by atoms with Gasteiger partial charge in [-0.05, 0) is 41.8 Å². The molecule has 0 bridgehead atoms. The molecule has 4 rings (SSSR count). The molecule has 1 fully saturated rings. The number of carbonyl (C=O) groups is 3. The van der Waals surface area contributed by atoms with Crippen LogP contribution in [-0.2, 0) is 16.0 Å². The molecule has 1 saturated heterocycles. The van der Waals surface area contributed by atoms with Crippen LogP contribution in [0.2, 0.25) is 0 Å². The molecule has 0 radical (unpaired) electrons. The number of likely N-dealkylation sites (tertiary alicyclic amines) is 1. The number of benzene rings is 2. The maximum atomic E-state index is 13.2. The zero-order chi connectivity index (χ0) is 23.5. The predicted octanol–water partition coefficient (Wildman–Crippen LogP) is 1.52. The zero-order valence-electron chi connectivity index (χ0n) is 18.4. The number of hydrogen-bond acceptors (Lipinski definition) is 6. The van der Waals surface area contributed by atoms with Crippen LogP contribution in [0.5, 0.6) is 5.75 Å². The van der Waals surface area contributed by atoms with Gasteiger partial charge in [-0.25, -0.2) is 4.79 Å². The van der Waals surface area contributed by atoms with Gasteiger partial charge in [0.25, 0.3) is 5.91 Å². The highest BCUT2D eigenvalue weighted by molar-refractivity contribution is 5.95. The Kier molecular flexibility index (Phi) is 6.62. The lowest BCUT2D eigenvalue weighted by molar-refractivity contribution is -0.131. The summed E-state index contributed by atoms with van der Waals surface area (Å²) in [6.45, 7) is 1.68. The highest BCUT2D eigenvalue weighted by Gasteiger charge is 2.29. The molecule has 9 nitrogen and oxygen atoms in total. The van der Waals surface area contributed by atoms with Gasteiger partial charge in [0.15, 0.2) is 6.61 Å². The summed E-state index contributed by atoms with van der Waals surface area (Å²) in [6.07, 6.45) is 0.379. The molecule has 2 aliphatic rings. The third kappa shape index (κ3) is 5.32. The first-order chi connectivity index (χ1) is 15.8. The molecule has 9 heteroatoms. The molecule has 33 heavy (non-hydrogen) atoms. The number of carboxylic acid groups (broad SMARTS) is 1. The fraction of sp³-hybridized carbons (Fsp3) is 0.375. The zero-order valence-corrected chi connectivity index (χ0v) is 18.4. The largest absolute Gasteiger partial charge is 0.482 e. The number of carboxylic acids is 1. The van der Waals surface area contributed by atoms with Gasteiger partial charge < -0.3 is 25.2 Å². The Hall–Kier alpha value is -3.43. The lowest BCUT2D eigenvalue weighted by Gasteiger charge is -2.32. The number of anilines is 1. The summed E-state index contributed by atoms with van der Waals surface area (Å²) in [5, 5.41) is 22.1. The van der Waals surface area contributed by atoms with Crippen LogP contribution in [-0.4, -0.2) is 77.2 Å². The quantitative estimate of drug-likeness (QED) is 0.582. The van der Waals surface area contributed by atoms with Crippen molar-refractivity contribution in [2.75, 3.05) is 38.6 Å². The lowest BCUT2D eigenvalue weighted by Crippen LogP contribution is -2.39. The van der Waals surface area contributed by atoms with Gasteiger partial charge in [0.1, 0.15) is 5.75 Å². The van der Waals surface area contributed by atoms with Crippen molar-refractivity contribution < 1.29 is 29.3 Å². The predicted molar refractivity (Wildman–Crippen MR) is 120 cm³/mol. The first kappa shape index (κ1) is 22.8. The molecule has 3 N–H and O–H groups in total. The molecule has 2 amide bonds. The summed E-state index contributed by atoms with van der Waals surface area (Å²) in [5.41, 5.74) is 2.14. The molecular formula is C24H27N3O6. The number of likely N-dealkylation sites (N-methyl/N-ethyl adjacent to an activating group) is 1. The van der Waals surface area contributed by atoms with Gasteiger partial charge in [-0.1, -0.05) is 18.2 Å². The second-order valence-corrected chi connectivity index (χ2v) is 8.50. The lowest BCUT2D eigenvalue weighted by atomic mass is 10.0. The maximum Gasteiger partial charge on any atom is 0.335 e. The summed E-state index contributed by atoms with van der Waals surface area (Å²) < 4.78 is 5.37. The van der Waals surface area contributed by atoms with E-state index in [1.54, 1.807) is 42.3 Å². The van der Waals surface area contributed by atoms with Crippen molar-refractivity contribution in [1.29, 1.82) is 0 Å². The minimum atomic E-state index is -1.03. The first-order valence-electron chi connectivity index (χ1n) is 10.8. The second kappa shape index (κ2) is 9.60. The van der Waals surface area contributed by atoms with Crippen molar-refractivity contribution in [3.05, 3.63) is 59.2 Å². The van der Waals surface area contributed by atoms with E-state index in [1.165, 1.54) is 6.07 Å². The Morgan fingerprint density at radius 3 is 2.82 bits per heavy atom. The number of amides is 2. The number of carbonyl (C=O) groups excluding carboxylic acids is 2. The highest BCUT2D eigenvalue weighted by Crippen LogP contribution is 2.30. The number of aliphatic hydroxyl groups is 1. The van der Waals surface area contributed by atoms with Crippen LogP contribution in [0.1, 0.15) is 33.9 Å². The fourth-order valence-electron chi connectivity index (χ4n) is 4.27. The van der Waals surface area contributed by atoms with E-state index < -0.39 is 12.1 Å². The molecule has 174 valence electrons. The number of aromatic carboxylic acids is 1. The third-order valence-electron chi connectivity index (χ3n) is 6.09. The molecule has 2 aromatic carbocycles. The van der Waals surface area contributed by atoms with Crippen LogP contribution in [0.15, 0.2) is 42.5 Å². The van der Waals surface area contributed by atoms with Gasteiger partial charge >= 0.3 is 5.97 Å². The fourth-order valence-corrected chi connectivity index (χ4v) is 4.27. The molecule has 0 aliphatic carbocycles. The van der Waals surface area contributed by atoms with Gasteiger partial charge in [-0.3, -0.25) is 14.5 Å². The van der Waals surface area contributed by atoms with Gasteiger partial charge in [0.2, 0.25) is 5.91 Å². The van der Waals surface area contributed by atoms with Crippen molar-refractivity contribution in [3.63, 3.8) is 0 Å². The Bertz CT molecular complexity index is 1070. The van der Waals surface area contributed by atoms with Crippen molar-refractivity contribution in [3.8, 4) is 5.75 Å². The third-order valence-corrected chi connectivity index (χ3v) is 6.09. The first-order valence-corrected chi connectivity index (χ1v) is 10.8. The summed E-state index contributed by atoms with van der Waals surface area (Å²) >= 11 is 0. The van der Waals surface area contributed by atoms with E-state index in [4.69, 9.17) is 4.74 Å². The Morgan fingerprint density at radius 1 is 1.27 bits per heavy atom. The number of rotatable bonds is 7. The Balaban J connectivity index is 1.55. The van der Waals surface area contributed by atoms with Crippen molar-refractivity contribution in [2.45, 2.75) is 25.0 Å². The molecule has 2 aliphatic heterocycles. The summed E-state index contributed by atoms with van der Waals surface area (Å²) in [5.74, 6) is -0.854. The van der Waals surface area contributed by atoms with Crippen LogP contribution in [0, 0.1) is 0 Å². The monoisotopic (exact) mass is 453 g/mol. The molecule has 0 spiro atoms. The topological polar surface area (TPSA) is 119 Å². The number of aliphatic hydroxyl groups excluding tert-OH is 1. The van der Waals surface area contributed by atoms with E-state index in [9.17, 15) is 24.6 Å². The number of nitrogens with zero attached hydrogens (tertiary/aromatic N) is 2. The average Bonchev–Trinajstić information content (AvgIpc) is 3.21. The minimum Gasteiger partial charge on any atom is -0.482 e. The normalized spacial score (nSPS) is 18.7. The average molecular weight is 453 g/mol. The van der Waals surface area contributed by atoms with E-state index in [2.05, 4.69) is 10.2 Å². The van der Waals surface area contributed by atoms with Gasteiger partial charge in [0, 0.05) is 26.7 Å². The second-order valence-electron chi connectivity index (χ2n) is 8.50. The molecule has 2 aromatic rings. The van der Waals surface area contributed by atoms with Crippen LogP contribution in [0.3, 0.4) is 0 Å². The number of ether oxygens (including phenoxy) is 1. The van der Waals surface area contributed by atoms with E-state index in [-0.39, 0.29) is 36.4 Å². The number of β-amino-alcohol motifs (C(OH)–C–C–N with tert-alkyl or cyclic N) is 1. The van der Waals surface area contributed by atoms with Crippen molar-refractivity contribution in [2.24, 2.45) is 0 Å². The molecular weight excluding hydrogens is 426 g/mol. The van der Waals surface area contributed by atoms with E-state index >= 15 is 0 Å². The minimum absolute atomic E-state index is 0.0314. The highest BCUT2D eigenvalue weighted by atomic mass is 16.5. The SMILES string of the molecule is CN(C(=O)Cc1ccc2c(c1)NC(=O)CO2)[C@H](CN1CC[C@H](O)C1)c1cccc(C(=O)O)c1.